The number of halogens is 2. The molecule has 0 aliphatic carbocycles. The van der Waals surface area contributed by atoms with Crippen molar-refractivity contribution in [1.29, 1.82) is 0 Å². The van der Waals surface area contributed by atoms with E-state index in [1.54, 1.807) is 23.7 Å². The number of nitrogens with one attached hydrogen (secondary N) is 1. The number of imidazole rings is 1. The van der Waals surface area contributed by atoms with Gasteiger partial charge in [-0.3, -0.25) is 4.79 Å². The third-order valence-electron chi connectivity index (χ3n) is 3.98. The number of para-hydroxylation sites is 2. The van der Waals surface area contributed by atoms with Crippen LogP contribution in [0.2, 0.25) is 5.02 Å². The Morgan fingerprint density at radius 2 is 1.96 bits per heavy atom. The molecular weight excluding hydrogens is 357 g/mol. The summed E-state index contributed by atoms with van der Waals surface area (Å²) in [5, 5.41) is 7.00. The zero-order valence-corrected chi connectivity index (χ0v) is 14.4. The Hall–Kier alpha value is -3.19. The van der Waals surface area contributed by atoms with Gasteiger partial charge in [0.15, 0.2) is 0 Å². The van der Waals surface area contributed by atoms with E-state index in [2.05, 4.69) is 15.4 Å². The average Bonchev–Trinajstić information content (AvgIpc) is 2.96. The topological polar surface area (TPSA) is 64.7 Å². The van der Waals surface area contributed by atoms with E-state index in [0.29, 0.717) is 11.6 Å². The average molecular weight is 370 g/mol. The van der Waals surface area contributed by atoms with Crippen LogP contribution in [0.15, 0.2) is 59.5 Å². The molecule has 0 bridgehead atoms. The highest BCUT2D eigenvalue weighted by atomic mass is 35.5. The number of hydrogen-bond donors (Lipinski definition) is 1. The monoisotopic (exact) mass is 369 g/mol. The third-order valence-corrected chi connectivity index (χ3v) is 4.34. The van der Waals surface area contributed by atoms with Crippen LogP contribution in [-0.2, 0) is 7.05 Å². The number of hydrogen-bond acceptors (Lipinski definition) is 4. The van der Waals surface area contributed by atoms with Gasteiger partial charge in [0.05, 0.1) is 22.9 Å². The molecule has 0 aliphatic rings. The first-order valence-corrected chi connectivity index (χ1v) is 8.14. The van der Waals surface area contributed by atoms with Crippen molar-refractivity contribution in [3.8, 4) is 5.95 Å². The van der Waals surface area contributed by atoms with Gasteiger partial charge in [-0.25, -0.2) is 9.37 Å². The number of rotatable bonds is 3. The standard InChI is InChI=1S/C18H13ClFN5O/c1-24-15-8-3-2-7-13(15)23-18(24)25-17(26)16(19)14(10-21-25)22-12-6-4-5-11(20)9-12/h2-10,22H,1H3. The van der Waals surface area contributed by atoms with Gasteiger partial charge in [0.25, 0.3) is 5.56 Å². The van der Waals surface area contributed by atoms with Crippen molar-refractivity contribution in [2.24, 2.45) is 7.05 Å². The summed E-state index contributed by atoms with van der Waals surface area (Å²) >= 11 is 6.22. The highest BCUT2D eigenvalue weighted by Gasteiger charge is 2.16. The van der Waals surface area contributed by atoms with Gasteiger partial charge in [-0.05, 0) is 30.3 Å². The van der Waals surface area contributed by atoms with Crippen molar-refractivity contribution in [2.75, 3.05) is 5.32 Å². The van der Waals surface area contributed by atoms with E-state index in [1.807, 2.05) is 24.3 Å². The molecule has 2 aromatic heterocycles. The summed E-state index contributed by atoms with van der Waals surface area (Å²) in [6, 6.07) is 13.4. The first-order valence-electron chi connectivity index (χ1n) is 7.77. The molecule has 0 spiro atoms. The normalized spacial score (nSPS) is 11.0. The predicted molar refractivity (Wildman–Crippen MR) is 98.8 cm³/mol. The minimum Gasteiger partial charge on any atom is -0.353 e. The smallest absolute Gasteiger partial charge is 0.295 e. The molecule has 6 nitrogen and oxygen atoms in total. The SMILES string of the molecule is Cn1c(-n2ncc(Nc3cccc(F)c3)c(Cl)c2=O)nc2ccccc21. The van der Waals surface area contributed by atoms with Crippen LogP contribution in [0.1, 0.15) is 0 Å². The number of nitrogens with zero attached hydrogens (tertiary/aromatic N) is 4. The minimum absolute atomic E-state index is 0.0590. The quantitative estimate of drug-likeness (QED) is 0.598. The lowest BCUT2D eigenvalue weighted by Gasteiger charge is -2.10. The zero-order chi connectivity index (χ0) is 18.3. The highest BCUT2D eigenvalue weighted by molar-refractivity contribution is 6.33. The van der Waals surface area contributed by atoms with Gasteiger partial charge in [0.2, 0.25) is 5.95 Å². The van der Waals surface area contributed by atoms with Crippen LogP contribution < -0.4 is 10.9 Å². The van der Waals surface area contributed by atoms with E-state index in [1.165, 1.54) is 18.3 Å². The fraction of sp³-hybridized carbons (Fsp3) is 0.0556. The van der Waals surface area contributed by atoms with E-state index in [-0.39, 0.29) is 10.7 Å². The van der Waals surface area contributed by atoms with Crippen LogP contribution in [0.3, 0.4) is 0 Å². The number of aryl methyl sites for hydroxylation is 1. The Balaban J connectivity index is 1.78. The molecule has 4 rings (SSSR count). The maximum atomic E-state index is 13.3. The summed E-state index contributed by atoms with van der Waals surface area (Å²) in [4.78, 5) is 17.1. The molecule has 1 N–H and O–H groups in total. The lowest BCUT2D eigenvalue weighted by molar-refractivity contribution is 0.628. The van der Waals surface area contributed by atoms with Crippen molar-refractivity contribution >= 4 is 34.0 Å². The van der Waals surface area contributed by atoms with Crippen LogP contribution in [0.25, 0.3) is 17.0 Å². The molecule has 0 atom stereocenters. The zero-order valence-electron chi connectivity index (χ0n) is 13.6. The molecule has 0 aliphatic heterocycles. The molecule has 2 aromatic carbocycles. The maximum absolute atomic E-state index is 13.3. The Kier molecular flexibility index (Phi) is 3.93. The summed E-state index contributed by atoms with van der Waals surface area (Å²) in [7, 11) is 1.80. The fourth-order valence-electron chi connectivity index (χ4n) is 2.71. The minimum atomic E-state index is -0.522. The van der Waals surface area contributed by atoms with Gasteiger partial charge in [0.1, 0.15) is 10.8 Å². The van der Waals surface area contributed by atoms with Crippen molar-refractivity contribution in [3.05, 3.63) is 75.9 Å². The van der Waals surface area contributed by atoms with E-state index >= 15 is 0 Å². The van der Waals surface area contributed by atoms with Crippen molar-refractivity contribution in [2.45, 2.75) is 0 Å². The van der Waals surface area contributed by atoms with Gasteiger partial charge in [0, 0.05) is 12.7 Å². The van der Waals surface area contributed by atoms with Crippen LogP contribution in [0.4, 0.5) is 15.8 Å². The van der Waals surface area contributed by atoms with Gasteiger partial charge in [-0.1, -0.05) is 29.8 Å². The lowest BCUT2D eigenvalue weighted by atomic mass is 10.3. The molecule has 0 fully saturated rings. The van der Waals surface area contributed by atoms with Crippen molar-refractivity contribution < 1.29 is 4.39 Å². The number of anilines is 2. The first kappa shape index (κ1) is 16.3. The highest BCUT2D eigenvalue weighted by Crippen LogP contribution is 2.23. The van der Waals surface area contributed by atoms with E-state index in [9.17, 15) is 9.18 Å². The van der Waals surface area contributed by atoms with E-state index in [0.717, 1.165) is 15.7 Å². The van der Waals surface area contributed by atoms with Gasteiger partial charge in [-0.2, -0.15) is 9.78 Å². The molecule has 0 saturated heterocycles. The van der Waals surface area contributed by atoms with Gasteiger partial charge >= 0.3 is 0 Å². The summed E-state index contributed by atoms with van der Waals surface area (Å²) < 4.78 is 16.2. The van der Waals surface area contributed by atoms with E-state index in [4.69, 9.17) is 11.6 Å². The molecule has 0 amide bonds. The van der Waals surface area contributed by atoms with Gasteiger partial charge in [-0.15, -0.1) is 0 Å². The van der Waals surface area contributed by atoms with Crippen LogP contribution in [-0.4, -0.2) is 19.3 Å². The molecule has 0 radical (unpaired) electrons. The third kappa shape index (κ3) is 2.72. The van der Waals surface area contributed by atoms with Gasteiger partial charge < -0.3 is 9.88 Å². The van der Waals surface area contributed by atoms with Crippen molar-refractivity contribution in [1.82, 2.24) is 19.3 Å². The summed E-state index contributed by atoms with van der Waals surface area (Å²) in [5.74, 6) is -0.0393. The summed E-state index contributed by atoms with van der Waals surface area (Å²) in [6.45, 7) is 0. The number of fused-ring (bicyclic) bond motifs is 1. The summed E-state index contributed by atoms with van der Waals surface area (Å²) in [6.07, 6.45) is 1.41. The van der Waals surface area contributed by atoms with E-state index < -0.39 is 11.4 Å². The molecule has 26 heavy (non-hydrogen) atoms. The molecular formula is C18H13ClFN5O. The maximum Gasteiger partial charge on any atom is 0.295 e. The van der Waals surface area contributed by atoms with Crippen molar-refractivity contribution in [3.63, 3.8) is 0 Å². The summed E-state index contributed by atoms with van der Waals surface area (Å²) in [5.41, 5.74) is 1.85. The Morgan fingerprint density at radius 3 is 2.73 bits per heavy atom. The number of aromatic nitrogens is 4. The molecule has 2 heterocycles. The second-order valence-electron chi connectivity index (χ2n) is 5.68. The Morgan fingerprint density at radius 1 is 1.15 bits per heavy atom. The second-order valence-corrected chi connectivity index (χ2v) is 6.06. The largest absolute Gasteiger partial charge is 0.353 e. The van der Waals surface area contributed by atoms with Crippen LogP contribution in [0, 0.1) is 5.82 Å². The Bertz CT molecular complexity index is 1180. The molecule has 130 valence electrons. The molecule has 4 aromatic rings. The number of benzene rings is 2. The van der Waals surface area contributed by atoms with Crippen LogP contribution in [0.5, 0.6) is 0 Å². The molecule has 0 unspecified atom stereocenters. The fourth-order valence-corrected chi connectivity index (χ4v) is 2.88. The lowest BCUT2D eigenvalue weighted by Crippen LogP contribution is -2.24. The molecule has 0 saturated carbocycles. The second kappa shape index (κ2) is 6.27. The molecule has 8 heteroatoms. The van der Waals surface area contributed by atoms with Crippen LogP contribution >= 0.6 is 11.6 Å². The Labute approximate surface area is 152 Å². The predicted octanol–water partition coefficient (Wildman–Crippen LogP) is 3.66. The first-order chi connectivity index (χ1) is 12.5.